The Morgan fingerprint density at radius 1 is 0.969 bits per heavy atom. The van der Waals surface area contributed by atoms with Gasteiger partial charge in [0.15, 0.2) is 11.0 Å². The fourth-order valence-corrected chi connectivity index (χ4v) is 4.66. The molecule has 0 bridgehead atoms. The van der Waals surface area contributed by atoms with Gasteiger partial charge in [0.25, 0.3) is 0 Å². The second-order valence-electron chi connectivity index (χ2n) is 7.64. The predicted molar refractivity (Wildman–Crippen MR) is 121 cm³/mol. The summed E-state index contributed by atoms with van der Waals surface area (Å²) in [5.41, 5.74) is 1.33. The van der Waals surface area contributed by atoms with Gasteiger partial charge in [-0.1, -0.05) is 18.7 Å². The maximum Gasteiger partial charge on any atom is 0.235 e. The number of hydrogen-bond acceptors (Lipinski definition) is 5. The van der Waals surface area contributed by atoms with Gasteiger partial charge < -0.3 is 9.80 Å². The molecule has 168 valence electrons. The van der Waals surface area contributed by atoms with Crippen LogP contribution in [-0.2, 0) is 4.79 Å². The van der Waals surface area contributed by atoms with Crippen LogP contribution in [0.15, 0.2) is 53.7 Å². The summed E-state index contributed by atoms with van der Waals surface area (Å²) in [7, 11) is 0. The van der Waals surface area contributed by atoms with Gasteiger partial charge in [-0.3, -0.25) is 9.36 Å². The molecule has 0 N–H and O–H groups in total. The molecule has 9 heteroatoms. The molecule has 4 rings (SSSR count). The highest BCUT2D eigenvalue weighted by Crippen LogP contribution is 2.31. The van der Waals surface area contributed by atoms with E-state index in [1.807, 2.05) is 11.8 Å². The van der Waals surface area contributed by atoms with E-state index in [0.717, 1.165) is 19.6 Å². The number of amides is 1. The van der Waals surface area contributed by atoms with E-state index in [1.165, 1.54) is 36.0 Å². The maximum absolute atomic E-state index is 13.5. The summed E-state index contributed by atoms with van der Waals surface area (Å²) >= 11 is 1.31. The normalized spacial score (nSPS) is 15.7. The first-order valence-electron chi connectivity index (χ1n) is 10.6. The molecule has 2 heterocycles. The molecule has 1 fully saturated rings. The van der Waals surface area contributed by atoms with E-state index in [-0.39, 0.29) is 22.8 Å². The van der Waals surface area contributed by atoms with Crippen molar-refractivity contribution in [3.8, 4) is 17.1 Å². The summed E-state index contributed by atoms with van der Waals surface area (Å²) < 4.78 is 28.7. The van der Waals surface area contributed by atoms with Gasteiger partial charge in [0.1, 0.15) is 11.6 Å². The van der Waals surface area contributed by atoms with Gasteiger partial charge in [-0.2, -0.15) is 0 Å². The highest BCUT2D eigenvalue weighted by atomic mass is 32.2. The van der Waals surface area contributed by atoms with Crippen molar-refractivity contribution in [3.63, 3.8) is 0 Å². The number of nitrogens with zero attached hydrogens (tertiary/aromatic N) is 5. The number of aromatic nitrogens is 3. The number of halogens is 2. The first kappa shape index (κ1) is 22.4. The maximum atomic E-state index is 13.5. The van der Waals surface area contributed by atoms with Crippen molar-refractivity contribution >= 4 is 17.7 Å². The van der Waals surface area contributed by atoms with Gasteiger partial charge in [0.2, 0.25) is 5.91 Å². The molecule has 2 aromatic carbocycles. The third-order valence-corrected chi connectivity index (χ3v) is 6.61. The number of carbonyl (C=O) groups excluding carboxylic acids is 1. The Kier molecular flexibility index (Phi) is 6.86. The summed E-state index contributed by atoms with van der Waals surface area (Å²) in [4.78, 5) is 17.3. The Labute approximate surface area is 190 Å². The first-order valence-corrected chi connectivity index (χ1v) is 11.5. The van der Waals surface area contributed by atoms with Crippen molar-refractivity contribution in [3.05, 3.63) is 60.2 Å². The lowest BCUT2D eigenvalue weighted by Gasteiger charge is -2.35. The highest BCUT2D eigenvalue weighted by molar-refractivity contribution is 8.00. The number of piperazine rings is 1. The molecule has 1 aliphatic heterocycles. The standard InChI is InChI=1S/C23H25F2N5OS/c1-3-28-12-14-29(15-13-28)22(31)16(2)32-23-27-26-21(17-4-6-18(24)7-5-17)30(23)20-10-8-19(25)9-11-20/h4-11,16H,3,12-15H2,1-2H3. The van der Waals surface area contributed by atoms with Gasteiger partial charge in [-0.15, -0.1) is 10.2 Å². The van der Waals surface area contributed by atoms with E-state index >= 15 is 0 Å². The highest BCUT2D eigenvalue weighted by Gasteiger charge is 2.27. The molecule has 1 saturated heterocycles. The fourth-order valence-electron chi connectivity index (χ4n) is 3.71. The molecule has 3 aromatic rings. The largest absolute Gasteiger partial charge is 0.339 e. The summed E-state index contributed by atoms with van der Waals surface area (Å²) in [6.45, 7) is 8.14. The van der Waals surface area contributed by atoms with Crippen LogP contribution in [0.1, 0.15) is 13.8 Å². The van der Waals surface area contributed by atoms with Gasteiger partial charge in [0.05, 0.1) is 5.25 Å². The van der Waals surface area contributed by atoms with Crippen LogP contribution >= 0.6 is 11.8 Å². The molecule has 1 aliphatic rings. The van der Waals surface area contributed by atoms with Crippen LogP contribution in [0.3, 0.4) is 0 Å². The number of hydrogen-bond donors (Lipinski definition) is 0. The lowest BCUT2D eigenvalue weighted by molar-refractivity contribution is -0.132. The van der Waals surface area contributed by atoms with Crippen LogP contribution in [0.2, 0.25) is 0 Å². The molecule has 0 spiro atoms. The molecular weight excluding hydrogens is 432 g/mol. The Morgan fingerprint density at radius 3 is 2.16 bits per heavy atom. The van der Waals surface area contributed by atoms with Crippen molar-refractivity contribution in [2.45, 2.75) is 24.3 Å². The summed E-state index contributed by atoms with van der Waals surface area (Å²) in [5.74, 6) is -0.147. The zero-order valence-corrected chi connectivity index (χ0v) is 18.9. The first-order chi connectivity index (χ1) is 15.5. The van der Waals surface area contributed by atoms with Crippen molar-refractivity contribution in [1.29, 1.82) is 0 Å². The van der Waals surface area contributed by atoms with Crippen molar-refractivity contribution in [2.75, 3.05) is 32.7 Å². The van der Waals surface area contributed by atoms with E-state index in [9.17, 15) is 13.6 Å². The van der Waals surface area contributed by atoms with Crippen LogP contribution in [0.4, 0.5) is 8.78 Å². The molecule has 1 unspecified atom stereocenters. The summed E-state index contributed by atoms with van der Waals surface area (Å²) in [5, 5.41) is 8.77. The van der Waals surface area contributed by atoms with E-state index in [0.29, 0.717) is 35.3 Å². The minimum Gasteiger partial charge on any atom is -0.339 e. The average Bonchev–Trinajstić information content (AvgIpc) is 3.23. The Balaban J connectivity index is 1.61. The SMILES string of the molecule is CCN1CCN(C(=O)C(C)Sc2nnc(-c3ccc(F)cc3)n2-c2ccc(F)cc2)CC1. The van der Waals surface area contributed by atoms with E-state index in [2.05, 4.69) is 22.0 Å². The van der Waals surface area contributed by atoms with Gasteiger partial charge in [-0.25, -0.2) is 8.78 Å². The lowest BCUT2D eigenvalue weighted by Crippen LogP contribution is -2.50. The quantitative estimate of drug-likeness (QED) is 0.526. The predicted octanol–water partition coefficient (Wildman–Crippen LogP) is 3.86. The molecule has 1 aromatic heterocycles. The second kappa shape index (κ2) is 9.79. The lowest BCUT2D eigenvalue weighted by atomic mass is 10.2. The minimum atomic E-state index is -0.368. The molecule has 0 aliphatic carbocycles. The minimum absolute atomic E-state index is 0.0581. The zero-order valence-electron chi connectivity index (χ0n) is 18.0. The van der Waals surface area contributed by atoms with Crippen LogP contribution in [0.5, 0.6) is 0 Å². The Hall–Kier alpha value is -2.78. The molecule has 0 radical (unpaired) electrons. The van der Waals surface area contributed by atoms with Gasteiger partial charge in [0, 0.05) is 37.4 Å². The third kappa shape index (κ3) is 4.83. The number of rotatable bonds is 6. The smallest absolute Gasteiger partial charge is 0.235 e. The van der Waals surface area contributed by atoms with Crippen LogP contribution in [-0.4, -0.2) is 68.4 Å². The van der Waals surface area contributed by atoms with Gasteiger partial charge >= 0.3 is 0 Å². The topological polar surface area (TPSA) is 54.3 Å². The third-order valence-electron chi connectivity index (χ3n) is 5.58. The zero-order chi connectivity index (χ0) is 22.7. The van der Waals surface area contributed by atoms with Crippen molar-refractivity contribution in [1.82, 2.24) is 24.6 Å². The Bertz CT molecular complexity index is 1060. The number of benzene rings is 2. The number of carbonyl (C=O) groups is 1. The van der Waals surface area contributed by atoms with E-state index in [1.54, 1.807) is 28.8 Å². The van der Waals surface area contributed by atoms with Gasteiger partial charge in [-0.05, 0) is 62.0 Å². The molecule has 6 nitrogen and oxygen atoms in total. The van der Waals surface area contributed by atoms with Crippen molar-refractivity contribution in [2.24, 2.45) is 0 Å². The van der Waals surface area contributed by atoms with Crippen LogP contribution in [0.25, 0.3) is 17.1 Å². The number of thioether (sulfide) groups is 1. The van der Waals surface area contributed by atoms with E-state index in [4.69, 9.17) is 0 Å². The fraction of sp³-hybridized carbons (Fsp3) is 0.348. The molecular formula is C23H25F2N5OS. The second-order valence-corrected chi connectivity index (χ2v) is 8.95. The van der Waals surface area contributed by atoms with E-state index < -0.39 is 0 Å². The molecule has 32 heavy (non-hydrogen) atoms. The van der Waals surface area contributed by atoms with Crippen LogP contribution < -0.4 is 0 Å². The Morgan fingerprint density at radius 2 is 1.56 bits per heavy atom. The monoisotopic (exact) mass is 457 g/mol. The molecule has 1 atom stereocenters. The van der Waals surface area contributed by atoms with Crippen LogP contribution in [0, 0.1) is 11.6 Å². The molecule has 0 saturated carbocycles. The summed E-state index contributed by atoms with van der Waals surface area (Å²) in [6, 6.07) is 11.9. The van der Waals surface area contributed by atoms with Crippen molar-refractivity contribution < 1.29 is 13.6 Å². The average molecular weight is 458 g/mol. The summed E-state index contributed by atoms with van der Waals surface area (Å²) in [6.07, 6.45) is 0. The molecule has 1 amide bonds. The number of likely N-dealkylation sites (N-methyl/N-ethyl adjacent to an activating group) is 1.